The van der Waals surface area contributed by atoms with Gasteiger partial charge in [-0.15, -0.1) is 0 Å². The van der Waals surface area contributed by atoms with Crippen LogP contribution in [0.2, 0.25) is 0 Å². The molecule has 2 aliphatic carbocycles. The average molecular weight is 240 g/mol. The van der Waals surface area contributed by atoms with Crippen molar-refractivity contribution in [2.24, 2.45) is 0 Å². The molecule has 0 heterocycles. The predicted octanol–water partition coefficient (Wildman–Crippen LogP) is 3.93. The first-order valence-corrected chi connectivity index (χ1v) is 5.89. The van der Waals surface area contributed by atoms with Crippen molar-refractivity contribution >= 4 is 28.9 Å². The van der Waals surface area contributed by atoms with Crippen LogP contribution in [0.15, 0.2) is 28.3 Å². The van der Waals surface area contributed by atoms with E-state index in [9.17, 15) is 0 Å². The van der Waals surface area contributed by atoms with E-state index >= 15 is 0 Å². The minimum Gasteiger partial charge on any atom is -0.398 e. The van der Waals surface area contributed by atoms with Gasteiger partial charge in [0.2, 0.25) is 0 Å². The summed E-state index contributed by atoms with van der Waals surface area (Å²) in [6.45, 7) is 0. The van der Waals surface area contributed by atoms with Gasteiger partial charge in [0.15, 0.2) is 0 Å². The summed E-state index contributed by atoms with van der Waals surface area (Å²) in [6, 6.07) is 6.11. The minimum absolute atomic E-state index is 0.371. The van der Waals surface area contributed by atoms with E-state index in [1.807, 2.05) is 12.1 Å². The highest BCUT2D eigenvalue weighted by Gasteiger charge is 2.43. The van der Waals surface area contributed by atoms with Crippen LogP contribution in [0.4, 0.5) is 5.69 Å². The Labute approximate surface area is 98.9 Å². The molecule has 0 spiro atoms. The summed E-state index contributed by atoms with van der Waals surface area (Å²) < 4.78 is 0.443. The molecule has 0 saturated heterocycles. The number of fused-ring (bicyclic) bond motifs is 5. The van der Waals surface area contributed by atoms with E-state index in [0.29, 0.717) is 16.3 Å². The van der Waals surface area contributed by atoms with Crippen LogP contribution in [0.1, 0.15) is 35.8 Å². The van der Waals surface area contributed by atoms with Crippen molar-refractivity contribution in [2.45, 2.75) is 24.7 Å². The summed E-state index contributed by atoms with van der Waals surface area (Å²) in [7, 11) is 0. The lowest BCUT2D eigenvalue weighted by atomic mass is 9.91. The fourth-order valence-electron chi connectivity index (χ4n) is 3.08. The van der Waals surface area contributed by atoms with Crippen molar-refractivity contribution in [3.05, 3.63) is 39.4 Å². The molecule has 2 atom stereocenters. The van der Waals surface area contributed by atoms with Crippen molar-refractivity contribution in [2.75, 3.05) is 5.73 Å². The Balaban J connectivity index is 2.26. The minimum atomic E-state index is 0.371. The maximum absolute atomic E-state index is 6.01. The largest absolute Gasteiger partial charge is 0.398 e. The van der Waals surface area contributed by atoms with E-state index < -0.39 is 0 Å². The first-order valence-electron chi connectivity index (χ1n) is 5.13. The topological polar surface area (TPSA) is 26.0 Å². The molecule has 0 aromatic heterocycles. The quantitative estimate of drug-likeness (QED) is 0.683. The van der Waals surface area contributed by atoms with Crippen molar-refractivity contribution in [1.29, 1.82) is 0 Å². The zero-order chi connectivity index (χ0) is 10.6. The molecule has 1 aromatic carbocycles. The highest BCUT2D eigenvalue weighted by Crippen LogP contribution is 2.60. The molecule has 1 nitrogen and oxygen atoms in total. The molecular weight excluding hydrogens is 229 g/mol. The van der Waals surface area contributed by atoms with Gasteiger partial charge in [-0.2, -0.15) is 0 Å². The number of anilines is 1. The lowest BCUT2D eigenvalue weighted by molar-refractivity contribution is 0.719. The maximum Gasteiger partial charge on any atom is 0.107 e. The molecule has 1 fully saturated rings. The zero-order valence-corrected chi connectivity index (χ0v) is 9.65. The monoisotopic (exact) mass is 239 g/mol. The number of allylic oxidation sites excluding steroid dienone is 1. The van der Waals surface area contributed by atoms with Gasteiger partial charge < -0.3 is 5.73 Å². The molecule has 0 aliphatic heterocycles. The third-order valence-electron chi connectivity index (χ3n) is 3.61. The normalized spacial score (nSPS) is 26.9. The third-order valence-corrected chi connectivity index (χ3v) is 4.05. The molecule has 3 heteroatoms. The maximum atomic E-state index is 6.01. The lowest BCUT2D eigenvalue weighted by Gasteiger charge is -2.15. The Morgan fingerprint density at radius 1 is 1.20 bits per heavy atom. The standard InChI is InChI=1S/C12H11Cl2N/c13-12(14)11-7-4-5-8(11)10-6(7)2-1-3-9(10)15/h1-3,7-8H,4-5,15H2. The number of hydrogen-bond acceptors (Lipinski definition) is 1. The van der Waals surface area contributed by atoms with Gasteiger partial charge in [0.25, 0.3) is 0 Å². The molecule has 1 saturated carbocycles. The molecule has 78 valence electrons. The van der Waals surface area contributed by atoms with E-state index in [2.05, 4.69) is 6.07 Å². The SMILES string of the molecule is Nc1cccc2c1C1CCC2C1=C(Cl)Cl. The molecule has 0 radical (unpaired) electrons. The number of halogens is 2. The summed E-state index contributed by atoms with van der Waals surface area (Å²) in [5.41, 5.74) is 10.7. The van der Waals surface area contributed by atoms with Crippen LogP contribution in [0, 0.1) is 0 Å². The van der Waals surface area contributed by atoms with Gasteiger partial charge in [-0.3, -0.25) is 0 Å². The Bertz CT molecular complexity index is 461. The smallest absolute Gasteiger partial charge is 0.107 e. The first kappa shape index (κ1) is 9.56. The molecule has 2 aliphatic rings. The fraction of sp³-hybridized carbons (Fsp3) is 0.333. The van der Waals surface area contributed by atoms with E-state index in [0.717, 1.165) is 18.5 Å². The first-order chi connectivity index (χ1) is 7.20. The van der Waals surface area contributed by atoms with Crippen LogP contribution in [-0.4, -0.2) is 0 Å². The van der Waals surface area contributed by atoms with E-state index in [4.69, 9.17) is 28.9 Å². The molecule has 2 unspecified atom stereocenters. The highest BCUT2D eigenvalue weighted by atomic mass is 35.5. The number of rotatable bonds is 0. The number of hydrogen-bond donors (Lipinski definition) is 1. The van der Waals surface area contributed by atoms with E-state index in [-0.39, 0.29) is 0 Å². The second kappa shape index (κ2) is 3.16. The molecule has 0 amide bonds. The molecular formula is C12H11Cl2N. The van der Waals surface area contributed by atoms with Gasteiger partial charge in [0.05, 0.1) is 0 Å². The number of benzene rings is 1. The van der Waals surface area contributed by atoms with Crippen molar-refractivity contribution in [1.82, 2.24) is 0 Å². The lowest BCUT2D eigenvalue weighted by Crippen LogP contribution is -2.01. The van der Waals surface area contributed by atoms with Crippen molar-refractivity contribution in [3.8, 4) is 0 Å². The van der Waals surface area contributed by atoms with Gasteiger partial charge in [-0.25, -0.2) is 0 Å². The van der Waals surface area contributed by atoms with Gasteiger partial charge >= 0.3 is 0 Å². The van der Waals surface area contributed by atoms with Crippen LogP contribution < -0.4 is 5.73 Å². The zero-order valence-electron chi connectivity index (χ0n) is 8.13. The molecule has 3 rings (SSSR count). The van der Waals surface area contributed by atoms with Crippen LogP contribution in [0.5, 0.6) is 0 Å². The Kier molecular flexibility index (Phi) is 2.02. The van der Waals surface area contributed by atoms with Gasteiger partial charge in [0, 0.05) is 17.5 Å². The van der Waals surface area contributed by atoms with Gasteiger partial charge in [0.1, 0.15) is 4.49 Å². The summed E-state index contributed by atoms with van der Waals surface area (Å²) in [5.74, 6) is 0.787. The van der Waals surface area contributed by atoms with E-state index in [1.54, 1.807) is 0 Å². The summed E-state index contributed by atoms with van der Waals surface area (Å²) >= 11 is 11.9. The van der Waals surface area contributed by atoms with Crippen LogP contribution in [0.3, 0.4) is 0 Å². The second-order valence-corrected chi connectivity index (χ2v) is 5.20. The Morgan fingerprint density at radius 3 is 2.60 bits per heavy atom. The van der Waals surface area contributed by atoms with E-state index in [1.165, 1.54) is 16.7 Å². The fourth-order valence-corrected chi connectivity index (χ4v) is 3.61. The third kappa shape index (κ3) is 1.17. The highest BCUT2D eigenvalue weighted by molar-refractivity contribution is 6.56. The summed E-state index contributed by atoms with van der Waals surface area (Å²) in [4.78, 5) is 0. The predicted molar refractivity (Wildman–Crippen MR) is 64.3 cm³/mol. The molecule has 15 heavy (non-hydrogen) atoms. The Morgan fingerprint density at radius 2 is 1.93 bits per heavy atom. The van der Waals surface area contributed by atoms with Crippen LogP contribution in [0.25, 0.3) is 0 Å². The summed E-state index contributed by atoms with van der Waals surface area (Å²) in [6.07, 6.45) is 2.28. The van der Waals surface area contributed by atoms with Gasteiger partial charge in [-0.1, -0.05) is 35.3 Å². The van der Waals surface area contributed by atoms with Crippen molar-refractivity contribution in [3.63, 3.8) is 0 Å². The summed E-state index contributed by atoms with van der Waals surface area (Å²) in [5, 5.41) is 0. The van der Waals surface area contributed by atoms with Gasteiger partial charge in [-0.05, 0) is 35.6 Å². The molecule has 2 bridgehead atoms. The molecule has 1 aromatic rings. The van der Waals surface area contributed by atoms with Crippen molar-refractivity contribution < 1.29 is 0 Å². The second-order valence-electron chi connectivity index (χ2n) is 4.25. The number of nitrogen functional groups attached to an aromatic ring is 1. The van der Waals surface area contributed by atoms with Crippen LogP contribution in [-0.2, 0) is 0 Å². The average Bonchev–Trinajstić information content (AvgIpc) is 2.73. The Hall–Kier alpha value is -0.660. The number of nitrogens with two attached hydrogens (primary N) is 1. The van der Waals surface area contributed by atoms with Crippen LogP contribution >= 0.6 is 23.2 Å². The molecule has 2 N–H and O–H groups in total.